The molecule has 0 amide bonds. The number of nitrogens with one attached hydrogen (secondary N) is 2. The van der Waals surface area contributed by atoms with E-state index in [1.54, 1.807) is 0 Å². The van der Waals surface area contributed by atoms with E-state index in [9.17, 15) is 4.79 Å². The van der Waals surface area contributed by atoms with Gasteiger partial charge in [0.1, 0.15) is 5.39 Å². The van der Waals surface area contributed by atoms with E-state index in [-0.39, 0.29) is 17.0 Å². The molecule has 2 aliphatic carbocycles. The van der Waals surface area contributed by atoms with Gasteiger partial charge in [0.05, 0.1) is 5.69 Å². The summed E-state index contributed by atoms with van der Waals surface area (Å²) in [7, 11) is 0. The van der Waals surface area contributed by atoms with Crippen LogP contribution in [0.3, 0.4) is 0 Å². The van der Waals surface area contributed by atoms with E-state index >= 15 is 0 Å². The van der Waals surface area contributed by atoms with Crippen molar-refractivity contribution in [3.8, 4) is 0 Å². The molecule has 172 valence electrons. The lowest BCUT2D eigenvalue weighted by Gasteiger charge is -2.42. The predicted octanol–water partition coefficient (Wildman–Crippen LogP) is 3.76. The molecule has 3 aliphatic rings. The number of benzene rings is 2. The Labute approximate surface area is 197 Å². The zero-order valence-electron chi connectivity index (χ0n) is 19.0. The molecular formula is C27H28N6O. The molecule has 3 heterocycles. The average Bonchev–Trinajstić information content (AvgIpc) is 3.47. The van der Waals surface area contributed by atoms with Crippen LogP contribution in [0.1, 0.15) is 59.5 Å². The molecule has 1 saturated carbocycles. The second kappa shape index (κ2) is 7.27. The maximum Gasteiger partial charge on any atom is 0.263 e. The van der Waals surface area contributed by atoms with Crippen molar-refractivity contribution in [3.05, 3.63) is 87.3 Å². The van der Waals surface area contributed by atoms with Crippen molar-refractivity contribution in [2.45, 2.75) is 43.6 Å². The van der Waals surface area contributed by atoms with Crippen molar-refractivity contribution >= 4 is 17.0 Å². The van der Waals surface area contributed by atoms with Crippen LogP contribution in [0.2, 0.25) is 0 Å². The SMILES string of the molecule is N[C@@H]1c2ccccc2CC12CCN(c1nc3n[nH]c([C@H]4C[C@@H]4c4ccccc4)c3c(=O)[nH]1)CC2. The van der Waals surface area contributed by atoms with E-state index in [0.29, 0.717) is 28.8 Å². The maximum absolute atomic E-state index is 13.1. The Hall–Kier alpha value is -3.45. The molecule has 7 nitrogen and oxygen atoms in total. The van der Waals surface area contributed by atoms with Gasteiger partial charge in [0.15, 0.2) is 5.65 Å². The molecule has 4 N–H and O–H groups in total. The fourth-order valence-corrected chi connectivity index (χ4v) is 6.41. The summed E-state index contributed by atoms with van der Waals surface area (Å²) in [5.74, 6) is 1.34. The van der Waals surface area contributed by atoms with E-state index in [1.165, 1.54) is 16.7 Å². The van der Waals surface area contributed by atoms with Crippen LogP contribution in [0.15, 0.2) is 59.4 Å². The van der Waals surface area contributed by atoms with Gasteiger partial charge in [-0.3, -0.25) is 14.9 Å². The van der Waals surface area contributed by atoms with Gasteiger partial charge < -0.3 is 10.6 Å². The molecule has 7 heteroatoms. The molecule has 1 spiro atoms. The molecule has 1 saturated heterocycles. The largest absolute Gasteiger partial charge is 0.342 e. The highest BCUT2D eigenvalue weighted by Gasteiger charge is 2.46. The van der Waals surface area contributed by atoms with Gasteiger partial charge in [-0.05, 0) is 53.7 Å². The first kappa shape index (κ1) is 20.0. The van der Waals surface area contributed by atoms with Crippen molar-refractivity contribution < 1.29 is 0 Å². The highest BCUT2D eigenvalue weighted by molar-refractivity contribution is 5.79. The molecule has 0 unspecified atom stereocenters. The van der Waals surface area contributed by atoms with Crippen LogP contribution in [0, 0.1) is 5.41 Å². The van der Waals surface area contributed by atoms with Crippen molar-refractivity contribution in [3.63, 3.8) is 0 Å². The number of anilines is 1. The van der Waals surface area contributed by atoms with E-state index in [4.69, 9.17) is 10.7 Å². The van der Waals surface area contributed by atoms with Gasteiger partial charge in [0, 0.05) is 25.0 Å². The maximum atomic E-state index is 13.1. The number of aromatic amines is 2. The summed E-state index contributed by atoms with van der Waals surface area (Å²) < 4.78 is 0. The highest BCUT2D eigenvalue weighted by atomic mass is 16.1. The standard InChI is InChI=1S/C27H28N6O/c28-23-18-9-5-4-8-17(18)15-27(23)10-12-33(13-11-27)26-29-24-21(25(34)30-26)22(31-32-24)20-14-19(20)16-6-2-1-3-7-16/h1-9,19-20,23H,10-15,28H2,(H2,29,30,31,32,34)/t19-,20+,23-/m1/s1. The molecule has 34 heavy (non-hydrogen) atoms. The van der Waals surface area contributed by atoms with Crippen LogP contribution < -0.4 is 16.2 Å². The van der Waals surface area contributed by atoms with Gasteiger partial charge in [-0.15, -0.1) is 0 Å². The summed E-state index contributed by atoms with van der Waals surface area (Å²) >= 11 is 0. The summed E-state index contributed by atoms with van der Waals surface area (Å²) in [5.41, 5.74) is 12.1. The van der Waals surface area contributed by atoms with E-state index in [2.05, 4.69) is 68.6 Å². The van der Waals surface area contributed by atoms with Crippen LogP contribution in [0.5, 0.6) is 0 Å². The Morgan fingerprint density at radius 1 is 1.00 bits per heavy atom. The number of nitrogens with zero attached hydrogens (tertiary/aromatic N) is 3. The van der Waals surface area contributed by atoms with Gasteiger partial charge in [-0.25, -0.2) is 0 Å². The molecule has 2 aromatic carbocycles. The minimum Gasteiger partial charge on any atom is -0.342 e. The number of H-pyrrole nitrogens is 2. The molecule has 1 aliphatic heterocycles. The summed E-state index contributed by atoms with van der Waals surface area (Å²) in [5, 5.41) is 8.17. The Bertz CT molecular complexity index is 1430. The molecule has 7 rings (SSSR count). The smallest absolute Gasteiger partial charge is 0.263 e. The number of hydrogen-bond acceptors (Lipinski definition) is 5. The fraction of sp³-hybridized carbons (Fsp3) is 0.370. The van der Waals surface area contributed by atoms with Gasteiger partial charge in [0.2, 0.25) is 5.95 Å². The Morgan fingerprint density at radius 3 is 2.56 bits per heavy atom. The van der Waals surface area contributed by atoms with Crippen molar-refractivity contribution in [2.75, 3.05) is 18.0 Å². The lowest BCUT2D eigenvalue weighted by molar-refractivity contribution is 0.187. The monoisotopic (exact) mass is 452 g/mol. The van der Waals surface area contributed by atoms with Gasteiger partial charge in [-0.1, -0.05) is 54.6 Å². The number of fused-ring (bicyclic) bond motifs is 2. The molecule has 0 bridgehead atoms. The van der Waals surface area contributed by atoms with Gasteiger partial charge in [-0.2, -0.15) is 10.1 Å². The number of rotatable bonds is 3. The topological polar surface area (TPSA) is 104 Å². The number of hydrogen-bond donors (Lipinski definition) is 3. The first-order chi connectivity index (χ1) is 16.6. The van der Waals surface area contributed by atoms with Crippen LogP contribution in [0.4, 0.5) is 5.95 Å². The molecule has 3 atom stereocenters. The third-order valence-electron chi connectivity index (χ3n) is 8.48. The summed E-state index contributed by atoms with van der Waals surface area (Å²) in [6, 6.07) is 19.1. The highest BCUT2D eigenvalue weighted by Crippen LogP contribution is 2.55. The third-order valence-corrected chi connectivity index (χ3v) is 8.48. The van der Waals surface area contributed by atoms with Gasteiger partial charge in [0.25, 0.3) is 5.56 Å². The summed E-state index contributed by atoms with van der Waals surface area (Å²) in [4.78, 5) is 23.1. The summed E-state index contributed by atoms with van der Waals surface area (Å²) in [6.07, 6.45) is 4.03. The van der Waals surface area contributed by atoms with Crippen LogP contribution in [-0.2, 0) is 6.42 Å². The Balaban J connectivity index is 1.12. The lowest BCUT2D eigenvalue weighted by atomic mass is 9.73. The number of aromatic nitrogens is 4. The molecule has 2 fully saturated rings. The second-order valence-corrected chi connectivity index (χ2v) is 10.3. The molecule has 0 radical (unpaired) electrons. The zero-order valence-corrected chi connectivity index (χ0v) is 19.0. The van der Waals surface area contributed by atoms with Crippen molar-refractivity contribution in [2.24, 2.45) is 11.1 Å². The Kier molecular flexibility index (Phi) is 4.27. The molecular weight excluding hydrogens is 424 g/mol. The minimum absolute atomic E-state index is 0.0744. The van der Waals surface area contributed by atoms with Crippen molar-refractivity contribution in [1.29, 1.82) is 0 Å². The van der Waals surface area contributed by atoms with E-state index < -0.39 is 0 Å². The predicted molar refractivity (Wildman–Crippen MR) is 132 cm³/mol. The Morgan fingerprint density at radius 2 is 1.76 bits per heavy atom. The fourth-order valence-electron chi connectivity index (χ4n) is 6.41. The first-order valence-corrected chi connectivity index (χ1v) is 12.2. The van der Waals surface area contributed by atoms with E-state index in [0.717, 1.165) is 44.5 Å². The number of nitrogens with two attached hydrogens (primary N) is 1. The zero-order chi connectivity index (χ0) is 22.9. The minimum atomic E-state index is -0.104. The molecule has 4 aromatic rings. The quantitative estimate of drug-likeness (QED) is 0.439. The van der Waals surface area contributed by atoms with Crippen LogP contribution in [-0.4, -0.2) is 33.3 Å². The normalized spacial score (nSPS) is 25.1. The average molecular weight is 453 g/mol. The second-order valence-electron chi connectivity index (χ2n) is 10.3. The lowest BCUT2D eigenvalue weighted by Crippen LogP contribution is -2.45. The van der Waals surface area contributed by atoms with Crippen LogP contribution in [0.25, 0.3) is 11.0 Å². The third kappa shape index (κ3) is 2.96. The van der Waals surface area contributed by atoms with E-state index in [1.807, 2.05) is 6.07 Å². The first-order valence-electron chi connectivity index (χ1n) is 12.2. The number of piperidine rings is 1. The van der Waals surface area contributed by atoms with Crippen molar-refractivity contribution in [1.82, 2.24) is 20.2 Å². The summed E-state index contributed by atoms with van der Waals surface area (Å²) in [6.45, 7) is 1.65. The molecule has 2 aromatic heterocycles. The van der Waals surface area contributed by atoms with Crippen LogP contribution >= 0.6 is 0 Å². The van der Waals surface area contributed by atoms with Gasteiger partial charge >= 0.3 is 0 Å².